The van der Waals surface area contributed by atoms with Crippen LogP contribution < -0.4 is 16.0 Å². The molecule has 0 saturated carbocycles. The summed E-state index contributed by atoms with van der Waals surface area (Å²) in [6, 6.07) is 7.29. The predicted octanol–water partition coefficient (Wildman–Crippen LogP) is 2.21. The van der Waals surface area contributed by atoms with Crippen molar-refractivity contribution >= 4 is 17.3 Å². The third-order valence-corrected chi connectivity index (χ3v) is 2.86. The van der Waals surface area contributed by atoms with Crippen molar-refractivity contribution < 1.29 is 4.79 Å². The molecule has 0 aliphatic heterocycles. The fourth-order valence-corrected chi connectivity index (χ4v) is 1.63. The number of benzene rings is 1. The van der Waals surface area contributed by atoms with Gasteiger partial charge >= 0.3 is 0 Å². The van der Waals surface area contributed by atoms with E-state index in [4.69, 9.17) is 5.73 Å². The molecule has 0 saturated heterocycles. The highest BCUT2D eigenvalue weighted by atomic mass is 16.2. The van der Waals surface area contributed by atoms with E-state index >= 15 is 0 Å². The minimum atomic E-state index is -0.418. The number of nitrogens with zero attached hydrogens (tertiary/aromatic N) is 1. The average Bonchev–Trinajstić information content (AvgIpc) is 2.36. The van der Waals surface area contributed by atoms with Crippen LogP contribution in [0.5, 0.6) is 0 Å². The molecule has 0 heterocycles. The first-order chi connectivity index (χ1) is 8.54. The second-order valence-corrected chi connectivity index (χ2v) is 4.68. The molecule has 1 aromatic rings. The van der Waals surface area contributed by atoms with Crippen molar-refractivity contribution in [1.29, 1.82) is 0 Å². The van der Waals surface area contributed by atoms with Gasteiger partial charge in [-0.05, 0) is 30.7 Å². The summed E-state index contributed by atoms with van der Waals surface area (Å²) in [6.07, 6.45) is 2.77. The summed E-state index contributed by atoms with van der Waals surface area (Å²) in [5, 5.41) is 2.83. The quantitative estimate of drug-likeness (QED) is 0.812. The zero-order valence-electron chi connectivity index (χ0n) is 11.4. The van der Waals surface area contributed by atoms with Gasteiger partial charge < -0.3 is 16.0 Å². The van der Waals surface area contributed by atoms with Crippen LogP contribution in [0.4, 0.5) is 11.4 Å². The number of hydrogen-bond donors (Lipinski definition) is 2. The smallest absolute Gasteiger partial charge is 0.241 e. The molecule has 100 valence electrons. The van der Waals surface area contributed by atoms with Gasteiger partial charge in [-0.3, -0.25) is 4.79 Å². The van der Waals surface area contributed by atoms with E-state index in [1.54, 1.807) is 0 Å². The molecule has 0 spiro atoms. The van der Waals surface area contributed by atoms with E-state index in [1.165, 1.54) is 0 Å². The molecule has 3 N–H and O–H groups in total. The van der Waals surface area contributed by atoms with Crippen molar-refractivity contribution in [2.45, 2.75) is 32.2 Å². The average molecular weight is 249 g/mol. The molecule has 0 aliphatic rings. The van der Waals surface area contributed by atoms with Gasteiger partial charge in [-0.25, -0.2) is 0 Å². The third kappa shape index (κ3) is 4.37. The molecule has 0 aromatic heterocycles. The molecule has 1 atom stereocenters. The van der Waals surface area contributed by atoms with Crippen molar-refractivity contribution in [3.8, 4) is 0 Å². The number of hydrogen-bond acceptors (Lipinski definition) is 3. The number of rotatable bonds is 6. The Kier molecular flexibility index (Phi) is 5.65. The summed E-state index contributed by atoms with van der Waals surface area (Å²) in [7, 11) is 3.96. The number of carbonyl (C=O) groups excluding carboxylic acids is 1. The highest BCUT2D eigenvalue weighted by Crippen LogP contribution is 2.15. The Balaban J connectivity index is 2.53. The molecule has 0 fully saturated rings. The molecule has 1 aromatic carbocycles. The fraction of sp³-hybridized carbons (Fsp3) is 0.500. The molecular weight excluding hydrogens is 226 g/mol. The molecule has 0 bridgehead atoms. The van der Waals surface area contributed by atoms with E-state index in [9.17, 15) is 4.79 Å². The lowest BCUT2D eigenvalue weighted by Crippen LogP contribution is -2.35. The van der Waals surface area contributed by atoms with Gasteiger partial charge in [0.25, 0.3) is 0 Å². The Labute approximate surface area is 109 Å². The van der Waals surface area contributed by atoms with Gasteiger partial charge in [0, 0.05) is 25.5 Å². The maximum absolute atomic E-state index is 11.8. The van der Waals surface area contributed by atoms with Crippen LogP contribution in [0.3, 0.4) is 0 Å². The van der Waals surface area contributed by atoms with Gasteiger partial charge in [0.05, 0.1) is 6.04 Å². The zero-order valence-corrected chi connectivity index (χ0v) is 11.4. The summed E-state index contributed by atoms with van der Waals surface area (Å²) >= 11 is 0. The van der Waals surface area contributed by atoms with Crippen LogP contribution in [-0.2, 0) is 4.79 Å². The SMILES string of the molecule is CCCCC(N)C(=O)Nc1ccc(N(C)C)cc1. The number of amides is 1. The van der Waals surface area contributed by atoms with E-state index in [-0.39, 0.29) is 5.91 Å². The van der Waals surface area contributed by atoms with E-state index in [2.05, 4.69) is 12.2 Å². The molecule has 18 heavy (non-hydrogen) atoms. The number of nitrogens with one attached hydrogen (secondary N) is 1. The fourth-order valence-electron chi connectivity index (χ4n) is 1.63. The minimum Gasteiger partial charge on any atom is -0.378 e. The molecule has 1 amide bonds. The lowest BCUT2D eigenvalue weighted by atomic mass is 10.1. The van der Waals surface area contributed by atoms with Gasteiger partial charge in [-0.15, -0.1) is 0 Å². The van der Waals surface area contributed by atoms with Crippen molar-refractivity contribution in [2.75, 3.05) is 24.3 Å². The summed E-state index contributed by atoms with van der Waals surface area (Å²) in [4.78, 5) is 13.8. The summed E-state index contributed by atoms with van der Waals surface area (Å²) in [6.45, 7) is 2.09. The highest BCUT2D eigenvalue weighted by molar-refractivity contribution is 5.94. The second-order valence-electron chi connectivity index (χ2n) is 4.68. The molecule has 0 radical (unpaired) electrons. The maximum atomic E-state index is 11.8. The van der Waals surface area contributed by atoms with Gasteiger partial charge in [0.15, 0.2) is 0 Å². The normalized spacial score (nSPS) is 12.0. The Morgan fingerprint density at radius 1 is 1.33 bits per heavy atom. The molecular formula is C14H23N3O. The van der Waals surface area contributed by atoms with Crippen molar-refractivity contribution in [1.82, 2.24) is 0 Å². The van der Waals surface area contributed by atoms with Crippen LogP contribution in [-0.4, -0.2) is 26.0 Å². The second kappa shape index (κ2) is 7.01. The molecule has 0 aliphatic carbocycles. The molecule has 4 nitrogen and oxygen atoms in total. The van der Waals surface area contributed by atoms with Gasteiger partial charge in [-0.2, -0.15) is 0 Å². The molecule has 1 rings (SSSR count). The Morgan fingerprint density at radius 3 is 2.44 bits per heavy atom. The van der Waals surface area contributed by atoms with E-state index in [0.29, 0.717) is 0 Å². The number of unbranched alkanes of at least 4 members (excludes halogenated alkanes) is 1. The minimum absolute atomic E-state index is 0.110. The lowest BCUT2D eigenvalue weighted by molar-refractivity contribution is -0.117. The Hall–Kier alpha value is -1.55. The van der Waals surface area contributed by atoms with E-state index < -0.39 is 6.04 Å². The Morgan fingerprint density at radius 2 is 1.94 bits per heavy atom. The maximum Gasteiger partial charge on any atom is 0.241 e. The molecule has 4 heteroatoms. The monoisotopic (exact) mass is 249 g/mol. The van der Waals surface area contributed by atoms with Gasteiger partial charge in [0.1, 0.15) is 0 Å². The first-order valence-electron chi connectivity index (χ1n) is 6.38. The summed E-state index contributed by atoms with van der Waals surface area (Å²) < 4.78 is 0. The number of anilines is 2. The van der Waals surface area contributed by atoms with E-state index in [1.807, 2.05) is 43.3 Å². The first kappa shape index (κ1) is 14.5. The van der Waals surface area contributed by atoms with E-state index in [0.717, 1.165) is 30.6 Å². The largest absolute Gasteiger partial charge is 0.378 e. The van der Waals surface area contributed by atoms with Crippen LogP contribution in [0, 0.1) is 0 Å². The van der Waals surface area contributed by atoms with Crippen LogP contribution in [0.25, 0.3) is 0 Å². The number of carbonyl (C=O) groups is 1. The zero-order chi connectivity index (χ0) is 13.5. The van der Waals surface area contributed by atoms with Crippen molar-refractivity contribution in [3.63, 3.8) is 0 Å². The topological polar surface area (TPSA) is 58.4 Å². The standard InChI is InChI=1S/C14H23N3O/c1-4-5-6-13(15)14(18)16-11-7-9-12(10-8-11)17(2)3/h7-10,13H,4-6,15H2,1-3H3,(H,16,18). The first-order valence-corrected chi connectivity index (χ1v) is 6.38. The molecule has 1 unspecified atom stereocenters. The van der Waals surface area contributed by atoms with Gasteiger partial charge in [0.2, 0.25) is 5.91 Å². The van der Waals surface area contributed by atoms with Crippen LogP contribution >= 0.6 is 0 Å². The highest BCUT2D eigenvalue weighted by Gasteiger charge is 2.12. The van der Waals surface area contributed by atoms with Crippen LogP contribution in [0.15, 0.2) is 24.3 Å². The third-order valence-electron chi connectivity index (χ3n) is 2.86. The Bertz CT molecular complexity index is 373. The van der Waals surface area contributed by atoms with Crippen LogP contribution in [0.2, 0.25) is 0 Å². The number of nitrogens with two attached hydrogens (primary N) is 1. The van der Waals surface area contributed by atoms with Crippen molar-refractivity contribution in [2.24, 2.45) is 5.73 Å². The van der Waals surface area contributed by atoms with Gasteiger partial charge in [-0.1, -0.05) is 19.8 Å². The van der Waals surface area contributed by atoms with Crippen molar-refractivity contribution in [3.05, 3.63) is 24.3 Å². The lowest BCUT2D eigenvalue weighted by Gasteiger charge is -2.14. The predicted molar refractivity (Wildman–Crippen MR) is 76.9 cm³/mol. The summed E-state index contributed by atoms with van der Waals surface area (Å²) in [5.74, 6) is -0.110. The van der Waals surface area contributed by atoms with Crippen LogP contribution in [0.1, 0.15) is 26.2 Å². The summed E-state index contributed by atoms with van der Waals surface area (Å²) in [5.41, 5.74) is 7.70.